The molecule has 9 heteroatoms. The molecule has 140 valence electrons. The highest BCUT2D eigenvalue weighted by Crippen LogP contribution is 2.32. The summed E-state index contributed by atoms with van der Waals surface area (Å²) in [4.78, 5) is 13.3. The van der Waals surface area contributed by atoms with Gasteiger partial charge < -0.3 is 19.8 Å². The standard InChI is InChI=1S/C16H22ClNO6S/c1-15(2,3)24-14(20)18-8-13(16(21,9-18)10-19)25(22,23)12-6-4-11(17)5-7-12/h4-7,13,19,21H,8-10H2,1-3H3/t13-,16+/m0/s1. The van der Waals surface area contributed by atoms with Crippen molar-refractivity contribution in [1.29, 1.82) is 0 Å². The van der Waals surface area contributed by atoms with E-state index in [1.165, 1.54) is 24.3 Å². The molecule has 1 aliphatic rings. The molecule has 0 aromatic heterocycles. The number of hydrogen-bond acceptors (Lipinski definition) is 6. The third kappa shape index (κ3) is 4.25. The molecule has 1 heterocycles. The number of benzene rings is 1. The third-order valence-electron chi connectivity index (χ3n) is 3.89. The maximum absolute atomic E-state index is 12.9. The van der Waals surface area contributed by atoms with Gasteiger partial charge in [-0.1, -0.05) is 11.6 Å². The minimum atomic E-state index is -4.00. The number of hydrogen-bond donors (Lipinski definition) is 2. The fourth-order valence-electron chi connectivity index (χ4n) is 2.66. The topological polar surface area (TPSA) is 104 Å². The van der Waals surface area contributed by atoms with Crippen LogP contribution >= 0.6 is 11.6 Å². The van der Waals surface area contributed by atoms with E-state index >= 15 is 0 Å². The molecule has 1 fully saturated rings. The molecule has 25 heavy (non-hydrogen) atoms. The van der Waals surface area contributed by atoms with E-state index in [2.05, 4.69) is 0 Å². The first kappa shape index (κ1) is 20.0. The van der Waals surface area contributed by atoms with Gasteiger partial charge in [0.1, 0.15) is 16.5 Å². The molecule has 2 rings (SSSR count). The molecular weight excluding hydrogens is 370 g/mol. The number of β-amino-alcohol motifs (C(OH)–C–C–N with tert-alkyl or cyclic N) is 1. The third-order valence-corrected chi connectivity index (χ3v) is 6.41. The van der Waals surface area contributed by atoms with Gasteiger partial charge in [-0.05, 0) is 45.0 Å². The average Bonchev–Trinajstić information content (AvgIpc) is 2.85. The molecule has 0 aliphatic carbocycles. The fourth-order valence-corrected chi connectivity index (χ4v) is 4.73. The molecular formula is C16H22ClNO6S. The summed E-state index contributed by atoms with van der Waals surface area (Å²) >= 11 is 5.78. The quantitative estimate of drug-likeness (QED) is 0.808. The number of ether oxygens (including phenoxy) is 1. The number of aliphatic hydroxyl groups is 2. The summed E-state index contributed by atoms with van der Waals surface area (Å²) in [5.41, 5.74) is -2.74. The monoisotopic (exact) mass is 391 g/mol. The van der Waals surface area contributed by atoms with Gasteiger partial charge in [-0.25, -0.2) is 13.2 Å². The average molecular weight is 392 g/mol. The van der Waals surface area contributed by atoms with Crippen molar-refractivity contribution in [1.82, 2.24) is 4.90 Å². The molecule has 0 bridgehead atoms. The number of aliphatic hydroxyl groups excluding tert-OH is 1. The van der Waals surface area contributed by atoms with Crippen LogP contribution in [0.5, 0.6) is 0 Å². The number of nitrogens with zero attached hydrogens (tertiary/aromatic N) is 1. The fraction of sp³-hybridized carbons (Fsp3) is 0.562. The predicted octanol–water partition coefficient (Wildman–Crippen LogP) is 1.46. The molecule has 7 nitrogen and oxygen atoms in total. The molecule has 1 aromatic carbocycles. The Labute approximate surface area is 152 Å². The first-order valence-electron chi connectivity index (χ1n) is 7.70. The maximum atomic E-state index is 12.9. The van der Waals surface area contributed by atoms with Crippen molar-refractivity contribution in [2.75, 3.05) is 19.7 Å². The lowest BCUT2D eigenvalue weighted by Gasteiger charge is -2.26. The highest BCUT2D eigenvalue weighted by atomic mass is 35.5. The maximum Gasteiger partial charge on any atom is 0.410 e. The molecule has 0 saturated carbocycles. The zero-order chi connectivity index (χ0) is 19.0. The number of halogens is 1. The van der Waals surface area contributed by atoms with Gasteiger partial charge in [0.05, 0.1) is 18.0 Å². The van der Waals surface area contributed by atoms with E-state index < -0.39 is 39.0 Å². The number of sulfone groups is 1. The van der Waals surface area contributed by atoms with Crippen LogP contribution in [0.25, 0.3) is 0 Å². The minimum Gasteiger partial charge on any atom is -0.444 e. The van der Waals surface area contributed by atoms with Crippen molar-refractivity contribution in [3.8, 4) is 0 Å². The van der Waals surface area contributed by atoms with Crippen LogP contribution < -0.4 is 0 Å². The Bertz CT molecular complexity index is 743. The van der Waals surface area contributed by atoms with Crippen LogP contribution in [-0.2, 0) is 14.6 Å². The van der Waals surface area contributed by atoms with E-state index in [4.69, 9.17) is 16.3 Å². The molecule has 2 N–H and O–H groups in total. The number of rotatable bonds is 3. The predicted molar refractivity (Wildman–Crippen MR) is 92.3 cm³/mol. The Kier molecular flexibility index (Phi) is 5.39. The van der Waals surface area contributed by atoms with Gasteiger partial charge in [0.25, 0.3) is 0 Å². The summed E-state index contributed by atoms with van der Waals surface area (Å²) in [6.45, 7) is 3.63. The van der Waals surface area contributed by atoms with Crippen molar-refractivity contribution < 1.29 is 28.2 Å². The zero-order valence-corrected chi connectivity index (χ0v) is 15.8. The van der Waals surface area contributed by atoms with E-state index in [1.54, 1.807) is 20.8 Å². The normalized spacial score (nSPS) is 24.4. The van der Waals surface area contributed by atoms with E-state index in [1.807, 2.05) is 0 Å². The highest BCUT2D eigenvalue weighted by Gasteiger charge is 2.54. The summed E-state index contributed by atoms with van der Waals surface area (Å²) in [5.74, 6) is 0. The number of amides is 1. The molecule has 1 aromatic rings. The minimum absolute atomic E-state index is 0.0418. The van der Waals surface area contributed by atoms with E-state index in [9.17, 15) is 23.4 Å². The van der Waals surface area contributed by atoms with Gasteiger partial charge >= 0.3 is 6.09 Å². The number of carbonyl (C=O) groups excluding carboxylic acids is 1. The Balaban J connectivity index is 2.33. The largest absolute Gasteiger partial charge is 0.444 e. The summed E-state index contributed by atoms with van der Waals surface area (Å²) in [5, 5.41) is 19.2. The molecule has 0 spiro atoms. The van der Waals surface area contributed by atoms with Gasteiger partial charge in [-0.15, -0.1) is 0 Å². The smallest absolute Gasteiger partial charge is 0.410 e. The first-order valence-corrected chi connectivity index (χ1v) is 9.62. The van der Waals surface area contributed by atoms with Crippen LogP contribution in [0.1, 0.15) is 20.8 Å². The van der Waals surface area contributed by atoms with E-state index in [0.717, 1.165) is 4.90 Å². The van der Waals surface area contributed by atoms with Crippen LogP contribution in [0, 0.1) is 0 Å². The Morgan fingerprint density at radius 3 is 2.40 bits per heavy atom. The van der Waals surface area contributed by atoms with Gasteiger partial charge in [0.2, 0.25) is 0 Å². The molecule has 2 atom stereocenters. The lowest BCUT2D eigenvalue weighted by atomic mass is 10.1. The zero-order valence-electron chi connectivity index (χ0n) is 14.3. The van der Waals surface area contributed by atoms with Crippen molar-refractivity contribution in [3.05, 3.63) is 29.3 Å². The van der Waals surface area contributed by atoms with E-state index in [0.29, 0.717) is 5.02 Å². The number of likely N-dealkylation sites (tertiary alicyclic amines) is 1. The van der Waals surface area contributed by atoms with Crippen molar-refractivity contribution in [2.45, 2.75) is 42.1 Å². The van der Waals surface area contributed by atoms with Crippen LogP contribution in [0.15, 0.2) is 29.2 Å². The van der Waals surface area contributed by atoms with Crippen molar-refractivity contribution >= 4 is 27.5 Å². The molecule has 1 amide bonds. The van der Waals surface area contributed by atoms with Gasteiger partial charge in [-0.3, -0.25) is 0 Å². The van der Waals surface area contributed by atoms with Crippen LogP contribution in [-0.4, -0.2) is 65.8 Å². The summed E-state index contributed by atoms with van der Waals surface area (Å²) in [7, 11) is -4.00. The van der Waals surface area contributed by atoms with Crippen LogP contribution in [0.4, 0.5) is 4.79 Å². The SMILES string of the molecule is CC(C)(C)OC(=O)N1C[C@H](S(=O)(=O)c2ccc(Cl)cc2)[C@](O)(CO)C1. The first-order chi connectivity index (χ1) is 11.4. The van der Waals surface area contributed by atoms with Crippen molar-refractivity contribution in [3.63, 3.8) is 0 Å². The van der Waals surface area contributed by atoms with E-state index in [-0.39, 0.29) is 18.0 Å². The molecule has 1 aliphatic heterocycles. The summed E-state index contributed by atoms with van der Waals surface area (Å²) in [6.07, 6.45) is -0.742. The van der Waals surface area contributed by atoms with Gasteiger partial charge in [-0.2, -0.15) is 0 Å². The molecule has 0 unspecified atom stereocenters. The molecule has 1 saturated heterocycles. The molecule has 0 radical (unpaired) electrons. The lowest BCUT2D eigenvalue weighted by Crippen LogP contribution is -2.49. The second kappa shape index (κ2) is 6.75. The second-order valence-electron chi connectivity index (χ2n) is 7.11. The van der Waals surface area contributed by atoms with Gasteiger partial charge in [0, 0.05) is 11.6 Å². The summed E-state index contributed by atoms with van der Waals surface area (Å²) in [6, 6.07) is 5.50. The second-order valence-corrected chi connectivity index (χ2v) is 9.68. The van der Waals surface area contributed by atoms with Gasteiger partial charge in [0.15, 0.2) is 9.84 Å². The highest BCUT2D eigenvalue weighted by molar-refractivity contribution is 7.92. The lowest BCUT2D eigenvalue weighted by molar-refractivity contribution is -0.0108. The van der Waals surface area contributed by atoms with Crippen molar-refractivity contribution in [2.24, 2.45) is 0 Å². The number of carbonyl (C=O) groups is 1. The summed E-state index contributed by atoms with van der Waals surface area (Å²) < 4.78 is 31.0. The van der Waals surface area contributed by atoms with Crippen LogP contribution in [0.3, 0.4) is 0 Å². The Morgan fingerprint density at radius 1 is 1.36 bits per heavy atom. The Morgan fingerprint density at radius 2 is 1.92 bits per heavy atom. The Hall–Kier alpha value is -1.35. The van der Waals surface area contributed by atoms with Crippen LogP contribution in [0.2, 0.25) is 5.02 Å².